The van der Waals surface area contributed by atoms with Crippen molar-refractivity contribution in [1.82, 2.24) is 14.9 Å². The van der Waals surface area contributed by atoms with Crippen LogP contribution in [0.3, 0.4) is 0 Å². The van der Waals surface area contributed by atoms with Crippen molar-refractivity contribution < 1.29 is 4.79 Å². The zero-order valence-corrected chi connectivity index (χ0v) is 11.7. The number of H-pyrrole nitrogens is 1. The van der Waals surface area contributed by atoms with E-state index < -0.39 is 5.91 Å². The van der Waals surface area contributed by atoms with E-state index in [0.717, 1.165) is 42.1 Å². The molecule has 3 rings (SSSR count). The number of hydrogen-bond acceptors (Lipinski definition) is 3. The molecule has 1 fully saturated rings. The number of nitrogens with two attached hydrogens (primary N) is 1. The molecule has 5 heteroatoms. The van der Waals surface area contributed by atoms with E-state index in [1.165, 1.54) is 12.8 Å². The summed E-state index contributed by atoms with van der Waals surface area (Å²) in [5, 5.41) is 0. The van der Waals surface area contributed by atoms with Gasteiger partial charge in [-0.25, -0.2) is 4.98 Å². The first-order valence-corrected chi connectivity index (χ1v) is 7.12. The van der Waals surface area contributed by atoms with Crippen LogP contribution in [0.2, 0.25) is 0 Å². The summed E-state index contributed by atoms with van der Waals surface area (Å²) in [4.78, 5) is 21.3. The number of primary amides is 1. The summed E-state index contributed by atoms with van der Waals surface area (Å²) >= 11 is 0. The van der Waals surface area contributed by atoms with Crippen molar-refractivity contribution >= 4 is 16.9 Å². The molecule has 3 heterocycles. The second-order valence-corrected chi connectivity index (χ2v) is 5.75. The second-order valence-electron chi connectivity index (χ2n) is 5.75. The first-order valence-electron chi connectivity index (χ1n) is 7.12. The van der Waals surface area contributed by atoms with E-state index in [9.17, 15) is 4.79 Å². The van der Waals surface area contributed by atoms with Gasteiger partial charge in [0.15, 0.2) is 0 Å². The van der Waals surface area contributed by atoms with Crippen LogP contribution in [-0.4, -0.2) is 33.9 Å². The second kappa shape index (κ2) is 5.25. The molecule has 1 aliphatic rings. The summed E-state index contributed by atoms with van der Waals surface area (Å²) < 4.78 is 0. The molecule has 106 valence electrons. The Kier molecular flexibility index (Phi) is 3.44. The van der Waals surface area contributed by atoms with Crippen LogP contribution in [0.25, 0.3) is 11.0 Å². The molecule has 2 aromatic heterocycles. The van der Waals surface area contributed by atoms with Gasteiger partial charge in [0, 0.05) is 19.3 Å². The number of aromatic amines is 1. The number of nitrogens with zero attached hydrogens (tertiary/aromatic N) is 2. The number of carbonyl (C=O) groups excluding carboxylic acids is 1. The van der Waals surface area contributed by atoms with Crippen molar-refractivity contribution in [1.29, 1.82) is 0 Å². The Labute approximate surface area is 118 Å². The van der Waals surface area contributed by atoms with Crippen LogP contribution in [0.15, 0.2) is 18.3 Å². The van der Waals surface area contributed by atoms with E-state index in [1.54, 1.807) is 0 Å². The summed E-state index contributed by atoms with van der Waals surface area (Å²) in [6.45, 7) is 5.35. The number of rotatable bonds is 3. The molecule has 0 aromatic carbocycles. The van der Waals surface area contributed by atoms with Crippen LogP contribution in [-0.2, 0) is 6.54 Å². The Morgan fingerprint density at radius 3 is 3.20 bits per heavy atom. The van der Waals surface area contributed by atoms with Gasteiger partial charge in [-0.2, -0.15) is 0 Å². The van der Waals surface area contributed by atoms with Gasteiger partial charge >= 0.3 is 0 Å². The van der Waals surface area contributed by atoms with Gasteiger partial charge in [0.05, 0.1) is 11.0 Å². The highest BCUT2D eigenvalue weighted by Crippen LogP contribution is 2.22. The summed E-state index contributed by atoms with van der Waals surface area (Å²) in [6, 6.07) is 3.70. The number of fused-ring (bicyclic) bond motifs is 1. The van der Waals surface area contributed by atoms with Crippen LogP contribution in [0.5, 0.6) is 0 Å². The minimum Gasteiger partial charge on any atom is -0.364 e. The van der Waals surface area contributed by atoms with Gasteiger partial charge in [0.2, 0.25) is 0 Å². The van der Waals surface area contributed by atoms with E-state index in [0.29, 0.717) is 5.69 Å². The molecule has 0 aliphatic carbocycles. The van der Waals surface area contributed by atoms with Gasteiger partial charge in [-0.3, -0.25) is 9.69 Å². The fraction of sp³-hybridized carbons (Fsp3) is 0.467. The average molecular weight is 272 g/mol. The van der Waals surface area contributed by atoms with E-state index in [1.807, 2.05) is 18.3 Å². The minimum absolute atomic E-state index is 0.345. The van der Waals surface area contributed by atoms with Crippen LogP contribution in [0, 0.1) is 5.92 Å². The molecule has 1 saturated heterocycles. The number of piperidine rings is 1. The largest absolute Gasteiger partial charge is 0.364 e. The lowest BCUT2D eigenvalue weighted by molar-refractivity contribution is 0.0995. The Bertz CT molecular complexity index is 634. The third kappa shape index (κ3) is 2.54. The molecule has 0 bridgehead atoms. The maximum absolute atomic E-state index is 11.4. The lowest BCUT2D eigenvalue weighted by Gasteiger charge is -2.30. The lowest BCUT2D eigenvalue weighted by atomic mass is 9.99. The fourth-order valence-corrected chi connectivity index (χ4v) is 3.03. The maximum atomic E-state index is 11.4. The molecule has 20 heavy (non-hydrogen) atoms. The average Bonchev–Trinajstić information content (AvgIpc) is 2.87. The van der Waals surface area contributed by atoms with Gasteiger partial charge in [-0.1, -0.05) is 6.92 Å². The fourth-order valence-electron chi connectivity index (χ4n) is 3.03. The number of hydrogen-bond donors (Lipinski definition) is 2. The number of carbonyl (C=O) groups is 1. The summed E-state index contributed by atoms with van der Waals surface area (Å²) in [6.07, 6.45) is 4.39. The van der Waals surface area contributed by atoms with Gasteiger partial charge in [-0.05, 0) is 43.0 Å². The van der Waals surface area contributed by atoms with Crippen molar-refractivity contribution in [2.45, 2.75) is 26.3 Å². The molecule has 2 aromatic rings. The van der Waals surface area contributed by atoms with Crippen molar-refractivity contribution in [3.63, 3.8) is 0 Å². The summed E-state index contributed by atoms with van der Waals surface area (Å²) in [5.74, 6) is 0.265. The lowest BCUT2D eigenvalue weighted by Crippen LogP contribution is -2.33. The smallest absolute Gasteiger partial charge is 0.267 e. The quantitative estimate of drug-likeness (QED) is 0.896. The summed E-state index contributed by atoms with van der Waals surface area (Å²) in [7, 11) is 0. The monoisotopic (exact) mass is 272 g/mol. The standard InChI is InChI=1S/C15H20N4O/c1-10-3-2-6-19(8-10)9-11-7-13(15(16)20)18-12-4-5-17-14(11)12/h4-5,7,10,17H,2-3,6,8-9H2,1H3,(H2,16,20)/t10-/m0/s1. The molecular formula is C15H20N4O. The van der Waals surface area contributed by atoms with Gasteiger partial charge in [-0.15, -0.1) is 0 Å². The molecule has 0 unspecified atom stereocenters. The van der Waals surface area contributed by atoms with E-state index >= 15 is 0 Å². The van der Waals surface area contributed by atoms with Crippen LogP contribution < -0.4 is 5.73 Å². The first kappa shape index (κ1) is 13.1. The predicted octanol–water partition coefficient (Wildman–Crippen LogP) is 1.89. The van der Waals surface area contributed by atoms with Gasteiger partial charge in [0.25, 0.3) is 5.91 Å². The van der Waals surface area contributed by atoms with Crippen molar-refractivity contribution in [2.75, 3.05) is 13.1 Å². The first-order chi connectivity index (χ1) is 9.63. The molecule has 0 spiro atoms. The Hall–Kier alpha value is -1.88. The van der Waals surface area contributed by atoms with Crippen molar-refractivity contribution in [3.05, 3.63) is 29.6 Å². The SMILES string of the molecule is C[C@H]1CCCN(Cc2cc(C(N)=O)nc3cc[nH]c23)C1. The summed E-state index contributed by atoms with van der Waals surface area (Å²) in [5.41, 5.74) is 8.63. The number of amides is 1. The Balaban J connectivity index is 1.93. The highest BCUT2D eigenvalue weighted by atomic mass is 16.1. The number of aromatic nitrogens is 2. The Morgan fingerprint density at radius 1 is 1.60 bits per heavy atom. The molecule has 1 atom stereocenters. The third-order valence-electron chi connectivity index (χ3n) is 3.99. The van der Waals surface area contributed by atoms with Crippen molar-refractivity contribution in [3.8, 4) is 0 Å². The van der Waals surface area contributed by atoms with Crippen LogP contribution in [0.1, 0.15) is 35.8 Å². The third-order valence-corrected chi connectivity index (χ3v) is 3.99. The van der Waals surface area contributed by atoms with Gasteiger partial charge in [0.1, 0.15) is 5.69 Å². The molecule has 3 N–H and O–H groups in total. The molecular weight excluding hydrogens is 252 g/mol. The Morgan fingerprint density at radius 2 is 2.45 bits per heavy atom. The predicted molar refractivity (Wildman–Crippen MR) is 78.3 cm³/mol. The van der Waals surface area contributed by atoms with E-state index in [2.05, 4.69) is 21.8 Å². The van der Waals surface area contributed by atoms with E-state index in [-0.39, 0.29) is 0 Å². The highest BCUT2D eigenvalue weighted by molar-refractivity contribution is 5.94. The van der Waals surface area contributed by atoms with Crippen LogP contribution >= 0.6 is 0 Å². The number of pyridine rings is 1. The molecule has 1 aliphatic heterocycles. The molecule has 5 nitrogen and oxygen atoms in total. The highest BCUT2D eigenvalue weighted by Gasteiger charge is 2.18. The molecule has 0 saturated carbocycles. The minimum atomic E-state index is -0.471. The normalized spacial score (nSPS) is 20.4. The van der Waals surface area contributed by atoms with Crippen molar-refractivity contribution in [2.24, 2.45) is 11.7 Å². The topological polar surface area (TPSA) is 75.0 Å². The number of likely N-dealkylation sites (tertiary alicyclic amines) is 1. The van der Waals surface area contributed by atoms with E-state index in [4.69, 9.17) is 5.73 Å². The molecule has 1 amide bonds. The van der Waals surface area contributed by atoms with Gasteiger partial charge < -0.3 is 10.7 Å². The number of nitrogens with one attached hydrogen (secondary N) is 1. The zero-order chi connectivity index (χ0) is 14.1. The zero-order valence-electron chi connectivity index (χ0n) is 11.7. The maximum Gasteiger partial charge on any atom is 0.267 e. The van der Waals surface area contributed by atoms with Crippen LogP contribution in [0.4, 0.5) is 0 Å². The molecule has 0 radical (unpaired) electrons.